The summed E-state index contributed by atoms with van der Waals surface area (Å²) in [6, 6.07) is 21.8. The van der Waals surface area contributed by atoms with E-state index in [0.717, 1.165) is 30.2 Å². The van der Waals surface area contributed by atoms with Crippen LogP contribution in [0.1, 0.15) is 20.7 Å². The van der Waals surface area contributed by atoms with Gasteiger partial charge in [-0.2, -0.15) is 0 Å². The zero-order valence-electron chi connectivity index (χ0n) is 19.2. The number of ether oxygens (including phenoxy) is 1. The van der Waals surface area contributed by atoms with Gasteiger partial charge >= 0.3 is 0 Å². The summed E-state index contributed by atoms with van der Waals surface area (Å²) in [5.74, 6) is 0.388. The standard InChI is InChI=1S/C26H25ClN4O3S/c1-34-21-12-6-18(7-13-21)25(33)31-16-14-30(15-17-31)20-10-8-19(9-11-20)28-26(35)29-24(32)22-4-2-3-5-23(22)27/h2-13H,14-17H2,1H3,(H2,28,29,32,35). The summed E-state index contributed by atoms with van der Waals surface area (Å²) in [4.78, 5) is 29.2. The lowest BCUT2D eigenvalue weighted by atomic mass is 10.1. The van der Waals surface area contributed by atoms with Crippen LogP contribution in [0.3, 0.4) is 0 Å². The normalized spacial score (nSPS) is 13.2. The second-order valence-corrected chi connectivity index (χ2v) is 8.76. The third kappa shape index (κ3) is 6.09. The lowest BCUT2D eigenvalue weighted by molar-refractivity contribution is 0.0746. The van der Waals surface area contributed by atoms with Crippen LogP contribution in [0.4, 0.5) is 11.4 Å². The van der Waals surface area contributed by atoms with Gasteiger partial charge in [-0.05, 0) is 72.9 Å². The van der Waals surface area contributed by atoms with Gasteiger partial charge in [0.05, 0.1) is 17.7 Å². The average Bonchev–Trinajstić information content (AvgIpc) is 2.89. The molecular weight excluding hydrogens is 484 g/mol. The van der Waals surface area contributed by atoms with Crippen molar-refractivity contribution in [2.45, 2.75) is 0 Å². The van der Waals surface area contributed by atoms with E-state index >= 15 is 0 Å². The van der Waals surface area contributed by atoms with Gasteiger partial charge in [0.25, 0.3) is 11.8 Å². The Labute approximate surface area is 214 Å². The molecule has 1 aliphatic heterocycles. The van der Waals surface area contributed by atoms with E-state index < -0.39 is 0 Å². The Morgan fingerprint density at radius 1 is 0.914 bits per heavy atom. The number of piperazine rings is 1. The molecule has 0 atom stereocenters. The number of halogens is 1. The van der Waals surface area contributed by atoms with Crippen LogP contribution in [0, 0.1) is 0 Å². The quantitative estimate of drug-likeness (QED) is 0.496. The number of nitrogens with zero attached hydrogens (tertiary/aromatic N) is 2. The molecule has 1 heterocycles. The molecule has 0 aliphatic carbocycles. The second-order valence-electron chi connectivity index (χ2n) is 7.94. The maximum Gasteiger partial charge on any atom is 0.258 e. The van der Waals surface area contributed by atoms with Crippen molar-refractivity contribution < 1.29 is 14.3 Å². The summed E-state index contributed by atoms with van der Waals surface area (Å²) in [5.41, 5.74) is 2.83. The highest BCUT2D eigenvalue weighted by molar-refractivity contribution is 7.80. The van der Waals surface area contributed by atoms with E-state index in [1.165, 1.54) is 0 Å². The smallest absolute Gasteiger partial charge is 0.258 e. The lowest BCUT2D eigenvalue weighted by Crippen LogP contribution is -2.48. The molecule has 1 saturated heterocycles. The molecule has 1 fully saturated rings. The van der Waals surface area contributed by atoms with E-state index in [4.69, 9.17) is 28.6 Å². The van der Waals surface area contributed by atoms with Crippen LogP contribution < -0.4 is 20.3 Å². The van der Waals surface area contributed by atoms with Crippen molar-refractivity contribution in [1.29, 1.82) is 0 Å². The van der Waals surface area contributed by atoms with Gasteiger partial charge in [0, 0.05) is 43.1 Å². The summed E-state index contributed by atoms with van der Waals surface area (Å²) in [6.07, 6.45) is 0. The Morgan fingerprint density at radius 3 is 2.20 bits per heavy atom. The number of amides is 2. The molecule has 7 nitrogen and oxygen atoms in total. The molecule has 2 amide bonds. The average molecular weight is 509 g/mol. The molecule has 35 heavy (non-hydrogen) atoms. The van der Waals surface area contributed by atoms with Crippen molar-refractivity contribution in [2.75, 3.05) is 43.5 Å². The Hall–Kier alpha value is -3.62. The van der Waals surface area contributed by atoms with E-state index in [2.05, 4.69) is 15.5 Å². The highest BCUT2D eigenvalue weighted by atomic mass is 35.5. The van der Waals surface area contributed by atoms with Gasteiger partial charge in [0.15, 0.2) is 5.11 Å². The fraction of sp³-hybridized carbons (Fsp3) is 0.192. The lowest BCUT2D eigenvalue weighted by Gasteiger charge is -2.36. The first-order valence-corrected chi connectivity index (χ1v) is 11.9. The fourth-order valence-corrected chi connectivity index (χ4v) is 4.25. The molecule has 0 spiro atoms. The second kappa shape index (κ2) is 11.2. The monoisotopic (exact) mass is 508 g/mol. The zero-order valence-corrected chi connectivity index (χ0v) is 20.7. The van der Waals surface area contributed by atoms with Gasteiger partial charge in [-0.1, -0.05) is 23.7 Å². The first-order valence-electron chi connectivity index (χ1n) is 11.1. The minimum absolute atomic E-state index is 0.0270. The third-order valence-corrected chi connectivity index (χ3v) is 6.27. The van der Waals surface area contributed by atoms with E-state index in [1.54, 1.807) is 55.6 Å². The minimum atomic E-state index is -0.369. The van der Waals surface area contributed by atoms with E-state index in [0.29, 0.717) is 29.2 Å². The molecule has 0 radical (unpaired) electrons. The Balaban J connectivity index is 1.28. The van der Waals surface area contributed by atoms with Crippen LogP contribution in [0.5, 0.6) is 5.75 Å². The molecule has 3 aromatic carbocycles. The van der Waals surface area contributed by atoms with Crippen molar-refractivity contribution >= 4 is 52.1 Å². The largest absolute Gasteiger partial charge is 0.497 e. The number of rotatable bonds is 5. The molecule has 0 bridgehead atoms. The van der Waals surface area contributed by atoms with Gasteiger partial charge in [-0.15, -0.1) is 0 Å². The molecule has 4 rings (SSSR count). The van der Waals surface area contributed by atoms with Crippen LogP contribution >= 0.6 is 23.8 Å². The van der Waals surface area contributed by atoms with Crippen LogP contribution in [-0.2, 0) is 0 Å². The molecule has 0 unspecified atom stereocenters. The van der Waals surface area contributed by atoms with Crippen LogP contribution in [0.2, 0.25) is 5.02 Å². The van der Waals surface area contributed by atoms with Crippen molar-refractivity contribution in [3.05, 3.63) is 88.9 Å². The number of carbonyl (C=O) groups excluding carboxylic acids is 2. The summed E-state index contributed by atoms with van der Waals surface area (Å²) < 4.78 is 5.16. The zero-order chi connectivity index (χ0) is 24.8. The van der Waals surface area contributed by atoms with Crippen molar-refractivity contribution in [3.8, 4) is 5.75 Å². The number of nitrogens with one attached hydrogen (secondary N) is 2. The SMILES string of the molecule is COc1ccc(C(=O)N2CCN(c3ccc(NC(=S)NC(=O)c4ccccc4Cl)cc3)CC2)cc1. The first-order chi connectivity index (χ1) is 16.9. The van der Waals surface area contributed by atoms with Gasteiger partial charge in [-0.25, -0.2) is 0 Å². The molecule has 1 aliphatic rings. The van der Waals surface area contributed by atoms with Crippen molar-refractivity contribution in [3.63, 3.8) is 0 Å². The minimum Gasteiger partial charge on any atom is -0.497 e. The molecule has 0 aromatic heterocycles. The Kier molecular flexibility index (Phi) is 7.84. The molecule has 2 N–H and O–H groups in total. The molecule has 3 aromatic rings. The van der Waals surface area contributed by atoms with Gasteiger partial charge in [-0.3, -0.25) is 14.9 Å². The first kappa shape index (κ1) is 24.5. The van der Waals surface area contributed by atoms with Crippen molar-refractivity contribution in [2.24, 2.45) is 0 Å². The summed E-state index contributed by atoms with van der Waals surface area (Å²) in [7, 11) is 1.60. The number of benzene rings is 3. The highest BCUT2D eigenvalue weighted by Gasteiger charge is 2.22. The summed E-state index contributed by atoms with van der Waals surface area (Å²) in [5, 5.41) is 6.21. The third-order valence-electron chi connectivity index (χ3n) is 5.74. The topological polar surface area (TPSA) is 73.9 Å². The summed E-state index contributed by atoms with van der Waals surface area (Å²) >= 11 is 11.3. The van der Waals surface area contributed by atoms with Crippen LogP contribution in [0.15, 0.2) is 72.8 Å². The predicted molar refractivity (Wildman–Crippen MR) is 143 cm³/mol. The van der Waals surface area contributed by atoms with E-state index in [-0.39, 0.29) is 16.9 Å². The van der Waals surface area contributed by atoms with Crippen molar-refractivity contribution in [1.82, 2.24) is 10.2 Å². The Bertz CT molecular complexity index is 1210. The number of carbonyl (C=O) groups is 2. The molecule has 9 heteroatoms. The fourth-order valence-electron chi connectivity index (χ4n) is 3.82. The maximum atomic E-state index is 12.8. The van der Waals surface area contributed by atoms with Gasteiger partial charge < -0.3 is 19.9 Å². The summed E-state index contributed by atoms with van der Waals surface area (Å²) in [6.45, 7) is 2.76. The molecule has 180 valence electrons. The van der Waals surface area contributed by atoms with E-state index in [1.807, 2.05) is 29.2 Å². The number of hydrogen-bond donors (Lipinski definition) is 2. The number of anilines is 2. The number of methoxy groups -OCH3 is 1. The molecule has 0 saturated carbocycles. The number of hydrogen-bond acceptors (Lipinski definition) is 5. The number of thiocarbonyl (C=S) groups is 1. The van der Waals surface area contributed by atoms with Gasteiger partial charge in [0.1, 0.15) is 5.75 Å². The van der Waals surface area contributed by atoms with Crippen LogP contribution in [0.25, 0.3) is 0 Å². The Morgan fingerprint density at radius 2 is 1.57 bits per heavy atom. The van der Waals surface area contributed by atoms with Crippen LogP contribution in [-0.4, -0.2) is 55.1 Å². The maximum absolute atomic E-state index is 12.8. The molecular formula is C26H25ClN4O3S. The predicted octanol–water partition coefficient (Wildman–Crippen LogP) is 4.44. The van der Waals surface area contributed by atoms with E-state index in [9.17, 15) is 9.59 Å². The highest BCUT2D eigenvalue weighted by Crippen LogP contribution is 2.21. The van der Waals surface area contributed by atoms with Gasteiger partial charge in [0.2, 0.25) is 0 Å².